The number of rotatable bonds is 8. The van der Waals surface area contributed by atoms with E-state index in [0.29, 0.717) is 25.4 Å². The Hall–Kier alpha value is -2.97. The van der Waals surface area contributed by atoms with Gasteiger partial charge in [-0.1, -0.05) is 29.8 Å². The van der Waals surface area contributed by atoms with Crippen LogP contribution in [-0.2, 0) is 4.74 Å². The Kier molecular flexibility index (Phi) is 6.48. The maximum Gasteiger partial charge on any atom is 0.293 e. The number of benzene rings is 2. The summed E-state index contributed by atoms with van der Waals surface area (Å²) >= 11 is 0. The van der Waals surface area contributed by atoms with Crippen molar-refractivity contribution >= 4 is 17.3 Å². The molecule has 31 heavy (non-hydrogen) atoms. The van der Waals surface area contributed by atoms with Crippen molar-refractivity contribution in [3.63, 3.8) is 0 Å². The van der Waals surface area contributed by atoms with Crippen LogP contribution < -0.4 is 10.6 Å². The zero-order chi connectivity index (χ0) is 21.8. The molecular formula is C23H28N4O4. The Balaban J connectivity index is 1.53. The molecule has 164 valence electrons. The second-order valence-corrected chi connectivity index (χ2v) is 8.26. The number of hydrogen-bond donors (Lipinski definition) is 2. The molecule has 0 unspecified atom stereocenters. The molecule has 2 N–H and O–H groups in total. The molecule has 2 fully saturated rings. The summed E-state index contributed by atoms with van der Waals surface area (Å²) in [5, 5.41) is 17.8. The van der Waals surface area contributed by atoms with Crippen LogP contribution >= 0.6 is 0 Å². The van der Waals surface area contributed by atoms with Gasteiger partial charge in [0, 0.05) is 37.3 Å². The van der Waals surface area contributed by atoms with E-state index in [4.69, 9.17) is 4.74 Å². The monoisotopic (exact) mass is 424 g/mol. The Bertz CT molecular complexity index is 937. The molecule has 1 amide bonds. The van der Waals surface area contributed by atoms with Gasteiger partial charge in [-0.15, -0.1) is 0 Å². The predicted octanol–water partition coefficient (Wildman–Crippen LogP) is 3.28. The predicted molar refractivity (Wildman–Crippen MR) is 118 cm³/mol. The van der Waals surface area contributed by atoms with Crippen molar-refractivity contribution in [2.45, 2.75) is 31.8 Å². The molecule has 2 aromatic rings. The van der Waals surface area contributed by atoms with Crippen LogP contribution in [0.25, 0.3) is 0 Å². The molecule has 8 nitrogen and oxygen atoms in total. The first-order valence-electron chi connectivity index (χ1n) is 10.7. The highest BCUT2D eigenvalue weighted by atomic mass is 16.6. The highest BCUT2D eigenvalue weighted by molar-refractivity contribution is 5.96. The topological polar surface area (TPSA) is 96.7 Å². The summed E-state index contributed by atoms with van der Waals surface area (Å²) in [5.74, 6) is -0.320. The second kappa shape index (κ2) is 9.45. The maximum absolute atomic E-state index is 13.1. The SMILES string of the molecule is Cc1ccc([C@H](CN2CCOCC2)NC(=O)c2ccc(NC3CC3)c([N+](=O)[O-])c2)cc1. The number of nitro groups is 1. The fraction of sp³-hybridized carbons (Fsp3) is 0.435. The van der Waals surface area contributed by atoms with Gasteiger partial charge in [0.15, 0.2) is 0 Å². The van der Waals surface area contributed by atoms with Crippen molar-refractivity contribution in [3.05, 3.63) is 69.3 Å². The van der Waals surface area contributed by atoms with Gasteiger partial charge in [0.05, 0.1) is 24.2 Å². The molecule has 4 rings (SSSR count). The van der Waals surface area contributed by atoms with E-state index in [2.05, 4.69) is 15.5 Å². The van der Waals surface area contributed by atoms with Crippen LogP contribution in [0.15, 0.2) is 42.5 Å². The first-order valence-corrected chi connectivity index (χ1v) is 10.7. The van der Waals surface area contributed by atoms with Crippen LogP contribution in [0.5, 0.6) is 0 Å². The summed E-state index contributed by atoms with van der Waals surface area (Å²) in [5.41, 5.74) is 2.83. The van der Waals surface area contributed by atoms with E-state index in [1.54, 1.807) is 12.1 Å². The van der Waals surface area contributed by atoms with Gasteiger partial charge < -0.3 is 15.4 Å². The third-order valence-electron chi connectivity index (χ3n) is 5.72. The van der Waals surface area contributed by atoms with Crippen LogP contribution in [-0.4, -0.2) is 54.6 Å². The van der Waals surface area contributed by atoms with E-state index in [9.17, 15) is 14.9 Å². The molecule has 0 bridgehead atoms. The molecule has 1 aliphatic heterocycles. The van der Waals surface area contributed by atoms with Gasteiger partial charge >= 0.3 is 0 Å². The Morgan fingerprint density at radius 3 is 2.55 bits per heavy atom. The minimum Gasteiger partial charge on any atom is -0.379 e. The number of nitro benzene ring substituents is 1. The highest BCUT2D eigenvalue weighted by Gasteiger charge is 2.26. The van der Waals surface area contributed by atoms with Gasteiger partial charge in [-0.25, -0.2) is 0 Å². The van der Waals surface area contributed by atoms with E-state index in [1.807, 2.05) is 31.2 Å². The number of morpholine rings is 1. The lowest BCUT2D eigenvalue weighted by molar-refractivity contribution is -0.384. The number of carbonyl (C=O) groups excluding carboxylic acids is 1. The third-order valence-corrected chi connectivity index (χ3v) is 5.72. The van der Waals surface area contributed by atoms with Crippen LogP contribution in [0.2, 0.25) is 0 Å². The number of nitrogens with one attached hydrogen (secondary N) is 2. The second-order valence-electron chi connectivity index (χ2n) is 8.26. The summed E-state index contributed by atoms with van der Waals surface area (Å²) in [4.78, 5) is 26.4. The van der Waals surface area contributed by atoms with E-state index >= 15 is 0 Å². The van der Waals surface area contributed by atoms with Crippen LogP contribution in [0, 0.1) is 17.0 Å². The number of anilines is 1. The zero-order valence-corrected chi connectivity index (χ0v) is 17.7. The van der Waals surface area contributed by atoms with Gasteiger partial charge in [-0.2, -0.15) is 0 Å². The summed E-state index contributed by atoms with van der Waals surface area (Å²) in [7, 11) is 0. The van der Waals surface area contributed by atoms with Crippen molar-refractivity contribution in [1.82, 2.24) is 10.2 Å². The van der Waals surface area contributed by atoms with Gasteiger partial charge in [0.1, 0.15) is 5.69 Å². The molecule has 8 heteroatoms. The lowest BCUT2D eigenvalue weighted by atomic mass is 10.0. The summed E-state index contributed by atoms with van der Waals surface area (Å²) in [6.07, 6.45) is 2.03. The largest absolute Gasteiger partial charge is 0.379 e. The average Bonchev–Trinajstić information content (AvgIpc) is 3.58. The maximum atomic E-state index is 13.1. The van der Waals surface area contributed by atoms with Crippen LogP contribution in [0.1, 0.15) is 40.4 Å². The van der Waals surface area contributed by atoms with Gasteiger partial charge in [0.2, 0.25) is 0 Å². The van der Waals surface area contributed by atoms with Crippen molar-refractivity contribution in [2.75, 3.05) is 38.2 Å². The number of hydrogen-bond acceptors (Lipinski definition) is 6. The van der Waals surface area contributed by atoms with Gasteiger partial charge in [0.25, 0.3) is 11.6 Å². The number of nitrogens with zero attached hydrogens (tertiary/aromatic N) is 2. The summed E-state index contributed by atoms with van der Waals surface area (Å²) in [6, 6.07) is 12.8. The highest BCUT2D eigenvalue weighted by Crippen LogP contribution is 2.31. The fourth-order valence-corrected chi connectivity index (χ4v) is 3.71. The van der Waals surface area contributed by atoms with Crippen molar-refractivity contribution in [1.29, 1.82) is 0 Å². The lowest BCUT2D eigenvalue weighted by Crippen LogP contribution is -2.43. The first kappa shape index (κ1) is 21.3. The summed E-state index contributed by atoms with van der Waals surface area (Å²) < 4.78 is 5.43. The molecule has 1 aliphatic carbocycles. The van der Waals surface area contributed by atoms with Crippen molar-refractivity contribution in [3.8, 4) is 0 Å². The molecule has 1 heterocycles. The number of carbonyl (C=O) groups is 1. The number of ether oxygens (including phenoxy) is 1. The molecular weight excluding hydrogens is 396 g/mol. The van der Waals surface area contributed by atoms with Crippen molar-refractivity contribution in [2.24, 2.45) is 0 Å². The van der Waals surface area contributed by atoms with Gasteiger partial charge in [-0.3, -0.25) is 19.8 Å². The third kappa shape index (κ3) is 5.59. The minimum absolute atomic E-state index is 0.0698. The van der Waals surface area contributed by atoms with E-state index in [0.717, 1.165) is 37.1 Å². The molecule has 1 saturated heterocycles. The number of aryl methyl sites for hydroxylation is 1. The Morgan fingerprint density at radius 1 is 1.19 bits per heavy atom. The Morgan fingerprint density at radius 2 is 1.90 bits per heavy atom. The van der Waals surface area contributed by atoms with Crippen LogP contribution in [0.3, 0.4) is 0 Å². The normalized spacial score (nSPS) is 17.7. The minimum atomic E-state index is -0.438. The smallest absolute Gasteiger partial charge is 0.293 e. The van der Waals surface area contributed by atoms with Gasteiger partial charge in [-0.05, 0) is 37.5 Å². The standard InChI is InChI=1S/C23H28N4O4/c1-16-2-4-17(5-3-16)21(15-26-10-12-31-13-11-26)25-23(28)18-6-9-20(24-19-7-8-19)22(14-18)27(29)30/h2-6,9,14,19,21,24H,7-8,10-13,15H2,1H3,(H,25,28)/t21-/m0/s1. The van der Waals surface area contributed by atoms with E-state index in [1.165, 1.54) is 6.07 Å². The Labute approximate surface area is 181 Å². The molecule has 2 aromatic carbocycles. The molecule has 0 aromatic heterocycles. The van der Waals surface area contributed by atoms with Crippen molar-refractivity contribution < 1.29 is 14.5 Å². The molecule has 1 saturated carbocycles. The zero-order valence-electron chi connectivity index (χ0n) is 17.7. The first-order chi connectivity index (χ1) is 15.0. The van der Waals surface area contributed by atoms with Crippen LogP contribution in [0.4, 0.5) is 11.4 Å². The van der Waals surface area contributed by atoms with E-state index in [-0.39, 0.29) is 29.2 Å². The average molecular weight is 425 g/mol. The molecule has 0 radical (unpaired) electrons. The summed E-state index contributed by atoms with van der Waals surface area (Å²) in [6.45, 7) is 5.65. The number of amides is 1. The fourth-order valence-electron chi connectivity index (χ4n) is 3.71. The lowest BCUT2D eigenvalue weighted by Gasteiger charge is -2.31. The molecule has 1 atom stereocenters. The molecule has 0 spiro atoms. The molecule has 2 aliphatic rings. The van der Waals surface area contributed by atoms with E-state index < -0.39 is 4.92 Å². The quantitative estimate of drug-likeness (QED) is 0.499.